The van der Waals surface area contributed by atoms with Gasteiger partial charge in [-0.05, 0) is 66.7 Å². The first-order chi connectivity index (χ1) is 16.4. The molecule has 35 heavy (non-hydrogen) atoms. The van der Waals surface area contributed by atoms with Crippen LogP contribution >= 0.6 is 11.6 Å². The number of halogens is 1. The molecule has 2 amide bonds. The Bertz CT molecular complexity index is 1170. The Morgan fingerprint density at radius 2 is 1.66 bits per heavy atom. The van der Waals surface area contributed by atoms with E-state index in [1.807, 2.05) is 24.3 Å². The van der Waals surface area contributed by atoms with E-state index in [1.165, 1.54) is 11.2 Å². The lowest BCUT2D eigenvalue weighted by atomic mass is 10.2. The largest absolute Gasteiger partial charge is 0.415 e. The van der Waals surface area contributed by atoms with E-state index >= 15 is 0 Å². The Hall–Kier alpha value is -3.14. The highest BCUT2D eigenvalue weighted by molar-refractivity contribution is 6.74. The Kier molecular flexibility index (Phi) is 8.04. The first-order valence-corrected chi connectivity index (χ1v) is 14.6. The molecule has 0 saturated heterocycles. The third kappa shape index (κ3) is 6.30. The first kappa shape index (κ1) is 26.5. The van der Waals surface area contributed by atoms with Gasteiger partial charge < -0.3 is 20.5 Å². The minimum absolute atomic E-state index is 0.0115. The van der Waals surface area contributed by atoms with E-state index in [9.17, 15) is 9.59 Å². The molecule has 0 aliphatic heterocycles. The fraction of sp³-hybridized carbons (Fsp3) is 0.320. The zero-order valence-corrected chi connectivity index (χ0v) is 22.4. The molecule has 0 bridgehead atoms. The van der Waals surface area contributed by atoms with Gasteiger partial charge in [-0.25, -0.2) is 4.98 Å². The summed E-state index contributed by atoms with van der Waals surface area (Å²) >= 11 is 6.05. The van der Waals surface area contributed by atoms with Crippen molar-refractivity contribution in [2.45, 2.75) is 38.9 Å². The number of nitrogens with two attached hydrogens (primary N) is 1. The lowest BCUT2D eigenvalue weighted by Crippen LogP contribution is -2.41. The van der Waals surface area contributed by atoms with Crippen molar-refractivity contribution in [2.75, 3.05) is 23.4 Å². The zero-order chi connectivity index (χ0) is 25.8. The molecule has 4 N–H and O–H groups in total. The number of hydrogen-bond donors (Lipinski definition) is 3. The van der Waals surface area contributed by atoms with Crippen LogP contribution in [0, 0.1) is 0 Å². The lowest BCUT2D eigenvalue weighted by Gasteiger charge is -2.36. The number of carbonyl (C=O) groups is 2. The number of rotatable bonds is 9. The summed E-state index contributed by atoms with van der Waals surface area (Å²) in [6, 6.07) is 14.3. The van der Waals surface area contributed by atoms with E-state index < -0.39 is 20.1 Å². The van der Waals surface area contributed by atoms with Crippen LogP contribution in [0.25, 0.3) is 0 Å². The molecule has 8 nitrogen and oxygen atoms in total. The van der Waals surface area contributed by atoms with Crippen molar-refractivity contribution in [3.63, 3.8) is 0 Å². The molecule has 0 atom stereocenters. The second-order valence-corrected chi connectivity index (χ2v) is 14.9. The van der Waals surface area contributed by atoms with Crippen LogP contribution in [0.5, 0.6) is 0 Å². The smallest absolute Gasteiger partial charge is 0.281 e. The number of imidazole rings is 1. The maximum atomic E-state index is 13.5. The minimum atomic E-state index is -1.79. The van der Waals surface area contributed by atoms with Crippen molar-refractivity contribution >= 4 is 48.8 Å². The molecule has 1 heterocycles. The Labute approximate surface area is 212 Å². The van der Waals surface area contributed by atoms with Gasteiger partial charge in [0.05, 0.1) is 12.9 Å². The number of aromatic nitrogens is 2. The predicted molar refractivity (Wildman–Crippen MR) is 143 cm³/mol. The molecule has 3 rings (SSSR count). The van der Waals surface area contributed by atoms with E-state index in [0.717, 1.165) is 5.69 Å². The van der Waals surface area contributed by atoms with Crippen LogP contribution in [0.15, 0.2) is 54.9 Å². The van der Waals surface area contributed by atoms with Crippen LogP contribution in [-0.4, -0.2) is 43.3 Å². The number of benzene rings is 2. The number of carbonyl (C=O) groups excluding carboxylic acids is 2. The van der Waals surface area contributed by atoms with E-state index in [4.69, 9.17) is 21.8 Å². The second kappa shape index (κ2) is 10.6. The highest BCUT2D eigenvalue weighted by Gasteiger charge is 2.36. The topological polar surface area (TPSA) is 113 Å². The summed E-state index contributed by atoms with van der Waals surface area (Å²) in [6.07, 6.45) is 1.27. The van der Waals surface area contributed by atoms with Crippen molar-refractivity contribution in [2.24, 2.45) is 5.73 Å². The summed E-state index contributed by atoms with van der Waals surface area (Å²) in [4.78, 5) is 33.3. The molecule has 0 radical (unpaired) electrons. The molecule has 0 fully saturated rings. The van der Waals surface area contributed by atoms with Crippen LogP contribution < -0.4 is 16.0 Å². The number of hydrogen-bond acceptors (Lipinski definition) is 5. The summed E-state index contributed by atoms with van der Waals surface area (Å²) < 4.78 is 6.21. The van der Waals surface area contributed by atoms with E-state index in [1.54, 1.807) is 24.3 Å². The molecule has 186 valence electrons. The maximum absolute atomic E-state index is 13.5. The molecule has 2 aromatic carbocycles. The maximum Gasteiger partial charge on any atom is 0.281 e. The van der Waals surface area contributed by atoms with E-state index in [-0.39, 0.29) is 16.4 Å². The van der Waals surface area contributed by atoms with Crippen LogP contribution in [0.1, 0.15) is 41.7 Å². The Morgan fingerprint density at radius 3 is 2.20 bits per heavy atom. The number of amides is 2. The fourth-order valence-electron chi connectivity index (χ4n) is 3.18. The predicted octanol–water partition coefficient (Wildman–Crippen LogP) is 5.57. The average Bonchev–Trinajstić information content (AvgIpc) is 3.29. The monoisotopic (exact) mass is 513 g/mol. The molecular weight excluding hydrogens is 482 g/mol. The van der Waals surface area contributed by atoms with Crippen molar-refractivity contribution in [3.05, 3.63) is 71.3 Å². The highest BCUT2D eigenvalue weighted by Crippen LogP contribution is 2.36. The van der Waals surface area contributed by atoms with Gasteiger partial charge in [-0.2, -0.15) is 0 Å². The summed E-state index contributed by atoms with van der Waals surface area (Å²) in [5, 5.41) is 4.07. The zero-order valence-electron chi connectivity index (χ0n) is 20.7. The second-order valence-electron chi connectivity index (χ2n) is 9.69. The van der Waals surface area contributed by atoms with Crippen molar-refractivity contribution in [1.82, 2.24) is 9.97 Å². The minimum Gasteiger partial charge on any atom is -0.415 e. The quantitative estimate of drug-likeness (QED) is 0.255. The highest BCUT2D eigenvalue weighted by atomic mass is 35.5. The SMILES string of the molecule is CC(C)(C)[Si](C)(C)OCCNc1ccc(N(C(=O)c2[nH]cnc2C(N)=O)c2ccc(Cl)cc2)cc1. The summed E-state index contributed by atoms with van der Waals surface area (Å²) in [7, 11) is -1.79. The number of primary amides is 1. The van der Waals surface area contributed by atoms with Crippen molar-refractivity contribution in [3.8, 4) is 0 Å². The van der Waals surface area contributed by atoms with Crippen molar-refractivity contribution < 1.29 is 14.0 Å². The molecule has 1 aromatic heterocycles. The molecule has 0 aliphatic carbocycles. The third-order valence-electron chi connectivity index (χ3n) is 6.20. The normalized spacial score (nSPS) is 11.8. The van der Waals surface area contributed by atoms with Gasteiger partial charge in [0.1, 0.15) is 5.69 Å². The lowest BCUT2D eigenvalue weighted by molar-refractivity contribution is 0.0962. The molecular formula is C25H32ClN5O3Si. The summed E-state index contributed by atoms with van der Waals surface area (Å²) in [6.45, 7) is 12.4. The van der Waals surface area contributed by atoms with Gasteiger partial charge in [0, 0.05) is 28.6 Å². The van der Waals surface area contributed by atoms with Crippen LogP contribution in [0.3, 0.4) is 0 Å². The molecule has 0 spiro atoms. The third-order valence-corrected chi connectivity index (χ3v) is 11.0. The van der Waals surface area contributed by atoms with E-state index in [2.05, 4.69) is 49.1 Å². The number of H-pyrrole nitrogens is 1. The average molecular weight is 514 g/mol. The molecule has 0 unspecified atom stereocenters. The van der Waals surface area contributed by atoms with Gasteiger partial charge in [0.2, 0.25) is 0 Å². The van der Waals surface area contributed by atoms with E-state index in [0.29, 0.717) is 29.5 Å². The van der Waals surface area contributed by atoms with Gasteiger partial charge in [0.25, 0.3) is 11.8 Å². The Morgan fingerprint density at radius 1 is 1.09 bits per heavy atom. The number of nitrogens with zero attached hydrogens (tertiary/aromatic N) is 2. The van der Waals surface area contributed by atoms with Gasteiger partial charge in [-0.1, -0.05) is 32.4 Å². The molecule has 3 aromatic rings. The van der Waals surface area contributed by atoms with Crippen LogP contribution in [0.2, 0.25) is 23.2 Å². The number of nitrogens with one attached hydrogen (secondary N) is 2. The van der Waals surface area contributed by atoms with Crippen LogP contribution in [-0.2, 0) is 4.43 Å². The molecule has 0 saturated carbocycles. The number of anilines is 3. The first-order valence-electron chi connectivity index (χ1n) is 11.3. The summed E-state index contributed by atoms with van der Waals surface area (Å²) in [5.41, 5.74) is 7.37. The van der Waals surface area contributed by atoms with Crippen LogP contribution in [0.4, 0.5) is 17.1 Å². The van der Waals surface area contributed by atoms with Crippen molar-refractivity contribution in [1.29, 1.82) is 0 Å². The fourth-order valence-corrected chi connectivity index (χ4v) is 4.35. The molecule has 0 aliphatic rings. The van der Waals surface area contributed by atoms with Gasteiger partial charge in [-0.15, -0.1) is 0 Å². The molecule has 10 heteroatoms. The standard InChI is InChI=1S/C25H32ClN5O3Si/c1-25(2,3)35(4,5)34-15-14-28-18-8-12-20(13-9-18)31(19-10-6-17(26)7-11-19)24(33)22-21(23(27)32)29-16-30-22/h6-13,16,28H,14-15H2,1-5H3,(H2,27,32)(H,29,30). The Balaban J connectivity index is 1.79. The van der Waals surface area contributed by atoms with Gasteiger partial charge in [-0.3, -0.25) is 14.5 Å². The number of aromatic amines is 1. The van der Waals surface area contributed by atoms with Gasteiger partial charge in [0.15, 0.2) is 14.0 Å². The van der Waals surface area contributed by atoms with Gasteiger partial charge >= 0.3 is 0 Å². The summed E-state index contributed by atoms with van der Waals surface area (Å²) in [5.74, 6) is -1.26.